The first-order valence-corrected chi connectivity index (χ1v) is 5.05. The van der Waals surface area contributed by atoms with Gasteiger partial charge in [0, 0.05) is 0 Å². The molecule has 11 heavy (non-hydrogen) atoms. The van der Waals surface area contributed by atoms with Crippen LogP contribution in [0.15, 0.2) is 0 Å². The number of hydrogen-bond acceptors (Lipinski definition) is 0. The molecule has 0 spiro atoms. The quantitative estimate of drug-likeness (QED) is 0.498. The zero-order valence-electron chi connectivity index (χ0n) is 7.85. The van der Waals surface area contributed by atoms with Crippen molar-refractivity contribution in [1.82, 2.24) is 0 Å². The van der Waals surface area contributed by atoms with Crippen LogP contribution in [-0.2, 0) is 0 Å². The molecule has 0 saturated heterocycles. The lowest BCUT2D eigenvalue weighted by Gasteiger charge is -2.59. The van der Waals surface area contributed by atoms with E-state index in [-0.39, 0.29) is 0 Å². The van der Waals surface area contributed by atoms with Gasteiger partial charge in [-0.15, -0.1) is 0 Å². The van der Waals surface area contributed by atoms with Crippen molar-refractivity contribution in [1.29, 1.82) is 0 Å². The Morgan fingerprint density at radius 3 is 2.18 bits per heavy atom. The highest BCUT2D eigenvalue weighted by Gasteiger charge is 2.70. The molecular formula is C11H18. The second kappa shape index (κ2) is 1.41. The Bertz CT molecular complexity index is 211. The molecule has 4 rings (SSSR count). The summed E-state index contributed by atoms with van der Waals surface area (Å²) in [6.07, 6.45) is 4.66. The van der Waals surface area contributed by atoms with Gasteiger partial charge in [-0.2, -0.15) is 0 Å². The third-order valence-electron chi connectivity index (χ3n) is 5.29. The number of hydrogen-bond donors (Lipinski definition) is 0. The lowest BCUT2D eigenvalue weighted by Crippen LogP contribution is -2.52. The molecule has 0 heterocycles. The Morgan fingerprint density at radius 2 is 1.73 bits per heavy atom. The Labute approximate surface area is 69.4 Å². The fourth-order valence-electron chi connectivity index (χ4n) is 4.13. The molecule has 62 valence electrons. The topological polar surface area (TPSA) is 0 Å². The molecule has 0 aliphatic heterocycles. The lowest BCUT2D eigenvalue weighted by molar-refractivity contribution is -0.106. The monoisotopic (exact) mass is 150 g/mol. The summed E-state index contributed by atoms with van der Waals surface area (Å²) < 4.78 is 0. The minimum absolute atomic E-state index is 0.710. The molecule has 0 aromatic heterocycles. The summed E-state index contributed by atoms with van der Waals surface area (Å²) in [7, 11) is 0. The van der Waals surface area contributed by atoms with Crippen LogP contribution in [0.1, 0.15) is 40.0 Å². The van der Waals surface area contributed by atoms with E-state index in [9.17, 15) is 0 Å². The molecule has 0 aromatic carbocycles. The summed E-state index contributed by atoms with van der Waals surface area (Å²) in [5.41, 5.74) is 1.51. The average molecular weight is 150 g/mol. The molecule has 4 saturated carbocycles. The third kappa shape index (κ3) is 0.522. The number of rotatable bonds is 0. The molecule has 0 amide bonds. The first kappa shape index (κ1) is 6.51. The Kier molecular flexibility index (Phi) is 0.832. The van der Waals surface area contributed by atoms with Crippen molar-refractivity contribution in [3.05, 3.63) is 0 Å². The van der Waals surface area contributed by atoms with E-state index >= 15 is 0 Å². The molecular weight excluding hydrogens is 132 g/mol. The Hall–Kier alpha value is 0. The van der Waals surface area contributed by atoms with Crippen LogP contribution in [0.4, 0.5) is 0 Å². The molecule has 0 aromatic rings. The van der Waals surface area contributed by atoms with E-state index in [1.165, 1.54) is 0 Å². The van der Waals surface area contributed by atoms with Crippen molar-refractivity contribution in [2.24, 2.45) is 28.6 Å². The van der Waals surface area contributed by atoms with E-state index in [0.29, 0.717) is 5.41 Å². The van der Waals surface area contributed by atoms with Gasteiger partial charge < -0.3 is 0 Å². The van der Waals surface area contributed by atoms with E-state index in [1.54, 1.807) is 19.3 Å². The first-order valence-electron chi connectivity index (χ1n) is 5.05. The van der Waals surface area contributed by atoms with Gasteiger partial charge in [0.05, 0.1) is 0 Å². The first-order chi connectivity index (χ1) is 5.05. The predicted molar refractivity (Wildman–Crippen MR) is 46.2 cm³/mol. The fourth-order valence-corrected chi connectivity index (χ4v) is 4.13. The molecule has 0 heteroatoms. The van der Waals surface area contributed by atoms with E-state index in [1.807, 2.05) is 0 Å². The van der Waals surface area contributed by atoms with Gasteiger partial charge in [-0.1, -0.05) is 20.8 Å². The van der Waals surface area contributed by atoms with Crippen molar-refractivity contribution in [3.8, 4) is 0 Å². The normalized spacial score (nSPS) is 63.0. The van der Waals surface area contributed by atoms with Crippen LogP contribution in [0.25, 0.3) is 0 Å². The van der Waals surface area contributed by atoms with Crippen molar-refractivity contribution < 1.29 is 0 Å². The van der Waals surface area contributed by atoms with Crippen molar-refractivity contribution in [2.75, 3.05) is 0 Å². The second-order valence-corrected chi connectivity index (χ2v) is 5.95. The highest BCUT2D eigenvalue weighted by atomic mass is 14.7. The summed E-state index contributed by atoms with van der Waals surface area (Å²) in [5.74, 6) is 3.31. The molecule has 4 fully saturated rings. The van der Waals surface area contributed by atoms with Crippen LogP contribution in [0.3, 0.4) is 0 Å². The molecule has 4 atom stereocenters. The minimum atomic E-state index is 0.710. The molecule has 0 unspecified atom stereocenters. The van der Waals surface area contributed by atoms with E-state index in [0.717, 1.165) is 23.2 Å². The van der Waals surface area contributed by atoms with Crippen LogP contribution >= 0.6 is 0 Å². The molecule has 0 radical (unpaired) electrons. The van der Waals surface area contributed by atoms with Gasteiger partial charge in [0.25, 0.3) is 0 Å². The smallest absolute Gasteiger partial charge is 0.0261 e. The predicted octanol–water partition coefficient (Wildman–Crippen LogP) is 3.08. The lowest BCUT2D eigenvalue weighted by atomic mass is 9.45. The van der Waals surface area contributed by atoms with Gasteiger partial charge in [-0.25, -0.2) is 0 Å². The van der Waals surface area contributed by atoms with Crippen LogP contribution in [0.2, 0.25) is 0 Å². The highest BCUT2D eigenvalue weighted by molar-refractivity contribution is 5.18. The van der Waals surface area contributed by atoms with Gasteiger partial charge in [0.1, 0.15) is 0 Å². The van der Waals surface area contributed by atoms with Crippen LogP contribution in [-0.4, -0.2) is 0 Å². The van der Waals surface area contributed by atoms with E-state index in [2.05, 4.69) is 20.8 Å². The van der Waals surface area contributed by atoms with E-state index in [4.69, 9.17) is 0 Å². The highest BCUT2D eigenvalue weighted by Crippen LogP contribution is 2.77. The molecule has 2 bridgehead atoms. The minimum Gasteiger partial charge on any atom is -0.0594 e. The second-order valence-electron chi connectivity index (χ2n) is 5.95. The zero-order chi connectivity index (χ0) is 7.85. The Morgan fingerprint density at radius 1 is 1.00 bits per heavy atom. The Balaban J connectivity index is 1.98. The van der Waals surface area contributed by atoms with Gasteiger partial charge >= 0.3 is 0 Å². The summed E-state index contributed by atoms with van der Waals surface area (Å²) >= 11 is 0. The van der Waals surface area contributed by atoms with Crippen LogP contribution in [0.5, 0.6) is 0 Å². The van der Waals surface area contributed by atoms with Crippen LogP contribution in [0, 0.1) is 28.6 Å². The average Bonchev–Trinajstić information content (AvgIpc) is 2.58. The summed E-state index contributed by atoms with van der Waals surface area (Å²) in [6, 6.07) is 0. The van der Waals surface area contributed by atoms with Crippen molar-refractivity contribution >= 4 is 0 Å². The maximum absolute atomic E-state index is 2.53. The SMILES string of the molecule is CC1(C)[C@H]2C[C@@H]3C[C@]3(C)[C@@H]1C2. The summed E-state index contributed by atoms with van der Waals surface area (Å²) in [4.78, 5) is 0. The molecule has 4 aliphatic rings. The fraction of sp³-hybridized carbons (Fsp3) is 1.00. The molecule has 0 N–H and O–H groups in total. The maximum atomic E-state index is 2.53. The van der Waals surface area contributed by atoms with Gasteiger partial charge in [0.15, 0.2) is 0 Å². The van der Waals surface area contributed by atoms with Crippen molar-refractivity contribution in [2.45, 2.75) is 40.0 Å². The van der Waals surface area contributed by atoms with Gasteiger partial charge in [-0.3, -0.25) is 0 Å². The largest absolute Gasteiger partial charge is 0.0594 e. The maximum Gasteiger partial charge on any atom is -0.0261 e. The van der Waals surface area contributed by atoms with Gasteiger partial charge in [0.2, 0.25) is 0 Å². The zero-order valence-corrected chi connectivity index (χ0v) is 7.85. The van der Waals surface area contributed by atoms with Gasteiger partial charge in [-0.05, 0) is 47.8 Å². The summed E-state index contributed by atoms with van der Waals surface area (Å²) in [5, 5.41) is 0. The van der Waals surface area contributed by atoms with E-state index < -0.39 is 0 Å². The molecule has 4 aliphatic carbocycles. The summed E-state index contributed by atoms with van der Waals surface area (Å²) in [6.45, 7) is 7.51. The third-order valence-corrected chi connectivity index (χ3v) is 5.29. The van der Waals surface area contributed by atoms with Crippen molar-refractivity contribution in [3.63, 3.8) is 0 Å². The standard InChI is InChI=1S/C11H18/c1-10(2)7-4-8-6-11(8,3)9(10)5-7/h7-9H,4-6H2,1-3H3/t7-,8+,9+,11-/m0/s1. The van der Waals surface area contributed by atoms with Crippen LogP contribution < -0.4 is 0 Å². The molecule has 0 nitrogen and oxygen atoms in total.